The van der Waals surface area contributed by atoms with Crippen LogP contribution in [0.3, 0.4) is 0 Å². The summed E-state index contributed by atoms with van der Waals surface area (Å²) in [6.07, 6.45) is 0.917. The molecule has 1 aromatic carbocycles. The molecule has 1 heterocycles. The Morgan fingerprint density at radius 2 is 2.24 bits per heavy atom. The van der Waals surface area contributed by atoms with E-state index in [1.54, 1.807) is 11.3 Å². The van der Waals surface area contributed by atoms with E-state index in [-0.39, 0.29) is 0 Å². The number of nitrogens with zero attached hydrogens (tertiary/aromatic N) is 2. The summed E-state index contributed by atoms with van der Waals surface area (Å²) >= 11 is 11.0. The highest BCUT2D eigenvalue weighted by molar-refractivity contribution is 9.10. The standard InChI is InChI=1S/C11H11BrClN3S/c1-2-10-15-16-11(17-10)14-6-7-5-8(13)3-4-9(7)12/h3-5H,2,6H2,1H3,(H,14,16). The third-order valence-electron chi connectivity index (χ3n) is 2.21. The first-order valence-electron chi connectivity index (χ1n) is 5.19. The van der Waals surface area contributed by atoms with Gasteiger partial charge in [-0.1, -0.05) is 45.8 Å². The second-order valence-corrected chi connectivity index (χ2v) is 5.80. The maximum absolute atomic E-state index is 5.95. The Morgan fingerprint density at radius 1 is 1.41 bits per heavy atom. The minimum absolute atomic E-state index is 0.680. The average molecular weight is 333 g/mol. The van der Waals surface area contributed by atoms with Gasteiger partial charge in [0.05, 0.1) is 0 Å². The predicted molar refractivity (Wildman–Crippen MR) is 75.8 cm³/mol. The summed E-state index contributed by atoms with van der Waals surface area (Å²) in [5.41, 5.74) is 1.10. The number of nitrogens with one attached hydrogen (secondary N) is 1. The van der Waals surface area contributed by atoms with Crippen molar-refractivity contribution in [1.29, 1.82) is 0 Å². The molecule has 3 nitrogen and oxygen atoms in total. The van der Waals surface area contributed by atoms with Crippen molar-refractivity contribution in [2.24, 2.45) is 0 Å². The van der Waals surface area contributed by atoms with Gasteiger partial charge < -0.3 is 5.32 Å². The monoisotopic (exact) mass is 331 g/mol. The van der Waals surface area contributed by atoms with Gasteiger partial charge in [-0.25, -0.2) is 0 Å². The number of halogens is 2. The van der Waals surface area contributed by atoms with E-state index in [2.05, 4.69) is 38.4 Å². The lowest BCUT2D eigenvalue weighted by Crippen LogP contribution is -1.99. The molecule has 17 heavy (non-hydrogen) atoms. The lowest BCUT2D eigenvalue weighted by molar-refractivity contribution is 0.975. The van der Waals surface area contributed by atoms with Crippen LogP contribution >= 0.6 is 38.9 Å². The Labute approximate surface area is 117 Å². The molecule has 0 aliphatic rings. The van der Waals surface area contributed by atoms with Crippen molar-refractivity contribution in [3.05, 3.63) is 38.3 Å². The van der Waals surface area contributed by atoms with Crippen molar-refractivity contribution < 1.29 is 0 Å². The van der Waals surface area contributed by atoms with Crippen molar-refractivity contribution in [1.82, 2.24) is 10.2 Å². The zero-order chi connectivity index (χ0) is 12.3. The molecule has 0 spiro atoms. The van der Waals surface area contributed by atoms with E-state index in [9.17, 15) is 0 Å². The first-order valence-corrected chi connectivity index (χ1v) is 7.18. The molecule has 0 aliphatic carbocycles. The van der Waals surface area contributed by atoms with E-state index < -0.39 is 0 Å². The quantitative estimate of drug-likeness (QED) is 0.915. The van der Waals surface area contributed by atoms with Crippen LogP contribution in [0.15, 0.2) is 22.7 Å². The fraction of sp³-hybridized carbons (Fsp3) is 0.273. The minimum atomic E-state index is 0.680. The van der Waals surface area contributed by atoms with Crippen molar-refractivity contribution in [3.63, 3.8) is 0 Å². The normalized spacial score (nSPS) is 10.5. The topological polar surface area (TPSA) is 37.8 Å². The average Bonchev–Trinajstić information content (AvgIpc) is 2.78. The van der Waals surface area contributed by atoms with Crippen LogP contribution in [-0.4, -0.2) is 10.2 Å². The number of aryl methyl sites for hydroxylation is 1. The zero-order valence-corrected chi connectivity index (χ0v) is 12.4. The SMILES string of the molecule is CCc1nnc(NCc2cc(Cl)ccc2Br)s1. The van der Waals surface area contributed by atoms with Gasteiger partial charge in [0.25, 0.3) is 0 Å². The van der Waals surface area contributed by atoms with Crippen molar-refractivity contribution in [3.8, 4) is 0 Å². The summed E-state index contributed by atoms with van der Waals surface area (Å²) < 4.78 is 1.04. The largest absolute Gasteiger partial charge is 0.356 e. The van der Waals surface area contributed by atoms with Gasteiger partial charge in [-0.15, -0.1) is 10.2 Å². The zero-order valence-electron chi connectivity index (χ0n) is 9.20. The van der Waals surface area contributed by atoms with Gasteiger partial charge in [-0.3, -0.25) is 0 Å². The van der Waals surface area contributed by atoms with Crippen LogP contribution in [0.4, 0.5) is 5.13 Å². The van der Waals surface area contributed by atoms with E-state index in [4.69, 9.17) is 11.6 Å². The molecule has 0 saturated carbocycles. The Bertz CT molecular complexity index is 515. The molecular formula is C11H11BrClN3S. The number of benzene rings is 1. The van der Waals surface area contributed by atoms with Gasteiger partial charge in [-0.05, 0) is 30.2 Å². The number of anilines is 1. The molecule has 0 amide bonds. The van der Waals surface area contributed by atoms with Crippen LogP contribution in [0.5, 0.6) is 0 Å². The number of aromatic nitrogens is 2. The minimum Gasteiger partial charge on any atom is -0.356 e. The molecular weight excluding hydrogens is 322 g/mol. The van der Waals surface area contributed by atoms with Crippen molar-refractivity contribution in [2.75, 3.05) is 5.32 Å². The Morgan fingerprint density at radius 3 is 2.94 bits per heavy atom. The lowest BCUT2D eigenvalue weighted by atomic mass is 10.2. The molecule has 0 radical (unpaired) electrons. The molecule has 1 N–H and O–H groups in total. The molecule has 0 unspecified atom stereocenters. The van der Waals surface area contributed by atoms with Gasteiger partial charge in [0, 0.05) is 16.0 Å². The van der Waals surface area contributed by atoms with Gasteiger partial charge in [0.2, 0.25) is 5.13 Å². The second-order valence-electron chi connectivity index (χ2n) is 3.44. The highest BCUT2D eigenvalue weighted by Gasteiger charge is 2.04. The van der Waals surface area contributed by atoms with E-state index in [0.29, 0.717) is 6.54 Å². The van der Waals surface area contributed by atoms with E-state index in [1.165, 1.54) is 0 Å². The fourth-order valence-corrected chi connectivity index (χ4v) is 2.57. The molecule has 1 aromatic heterocycles. The lowest BCUT2D eigenvalue weighted by Gasteiger charge is -2.05. The molecule has 0 saturated heterocycles. The van der Waals surface area contributed by atoms with Gasteiger partial charge in [0.15, 0.2) is 0 Å². The summed E-state index contributed by atoms with van der Waals surface area (Å²) in [4.78, 5) is 0. The number of hydrogen-bond acceptors (Lipinski definition) is 4. The maximum atomic E-state index is 5.95. The fourth-order valence-electron chi connectivity index (χ4n) is 1.32. The summed E-state index contributed by atoms with van der Waals surface area (Å²) in [6, 6.07) is 5.73. The molecule has 0 atom stereocenters. The Kier molecular flexibility index (Phi) is 4.36. The number of hydrogen-bond donors (Lipinski definition) is 1. The first-order chi connectivity index (χ1) is 8.19. The molecule has 0 aliphatic heterocycles. The third kappa shape index (κ3) is 3.40. The van der Waals surface area contributed by atoms with Gasteiger partial charge in [-0.2, -0.15) is 0 Å². The molecule has 6 heteroatoms. The molecule has 0 bridgehead atoms. The summed E-state index contributed by atoms with van der Waals surface area (Å²) in [5, 5.41) is 14.0. The van der Waals surface area contributed by atoms with Crippen molar-refractivity contribution >= 4 is 44.0 Å². The molecule has 2 aromatic rings. The van der Waals surface area contributed by atoms with E-state index in [0.717, 1.165) is 31.6 Å². The van der Waals surface area contributed by atoms with Crippen LogP contribution < -0.4 is 5.32 Å². The summed E-state index contributed by atoms with van der Waals surface area (Å²) in [5.74, 6) is 0. The summed E-state index contributed by atoms with van der Waals surface area (Å²) in [7, 11) is 0. The highest BCUT2D eigenvalue weighted by atomic mass is 79.9. The highest BCUT2D eigenvalue weighted by Crippen LogP contribution is 2.23. The predicted octanol–water partition coefficient (Wildman–Crippen LogP) is 4.13. The van der Waals surface area contributed by atoms with Gasteiger partial charge >= 0.3 is 0 Å². The van der Waals surface area contributed by atoms with Crippen LogP contribution in [-0.2, 0) is 13.0 Å². The molecule has 0 fully saturated rings. The smallest absolute Gasteiger partial charge is 0.205 e. The maximum Gasteiger partial charge on any atom is 0.205 e. The van der Waals surface area contributed by atoms with Crippen LogP contribution in [0.1, 0.15) is 17.5 Å². The van der Waals surface area contributed by atoms with Crippen molar-refractivity contribution in [2.45, 2.75) is 19.9 Å². The van der Waals surface area contributed by atoms with E-state index >= 15 is 0 Å². The third-order valence-corrected chi connectivity index (χ3v) is 4.24. The molecule has 90 valence electrons. The van der Waals surface area contributed by atoms with Crippen LogP contribution in [0.2, 0.25) is 5.02 Å². The summed E-state index contributed by atoms with van der Waals surface area (Å²) in [6.45, 7) is 2.75. The van der Waals surface area contributed by atoms with Crippen LogP contribution in [0.25, 0.3) is 0 Å². The number of rotatable bonds is 4. The Balaban J connectivity index is 2.04. The second kappa shape index (κ2) is 5.80. The van der Waals surface area contributed by atoms with Gasteiger partial charge in [0.1, 0.15) is 5.01 Å². The Hall–Kier alpha value is -0.650. The van der Waals surface area contributed by atoms with Crippen LogP contribution in [0, 0.1) is 0 Å². The molecule has 2 rings (SSSR count). The van der Waals surface area contributed by atoms with E-state index in [1.807, 2.05) is 18.2 Å². The first kappa shape index (κ1) is 12.8.